The molecule has 1 aromatic carbocycles. The van der Waals surface area contributed by atoms with Crippen LogP contribution in [0.25, 0.3) is 0 Å². The van der Waals surface area contributed by atoms with Gasteiger partial charge in [0, 0.05) is 56.6 Å². The van der Waals surface area contributed by atoms with Crippen LogP contribution in [0.5, 0.6) is 0 Å². The Labute approximate surface area is 194 Å². The lowest BCUT2D eigenvalue weighted by atomic mass is 9.79. The second kappa shape index (κ2) is 11.7. The first-order valence-electron chi connectivity index (χ1n) is 11.1. The fraction of sp³-hybridized carbons (Fsp3) is 0.500. The molecule has 2 unspecified atom stereocenters. The molecule has 2 fully saturated rings. The zero-order valence-electron chi connectivity index (χ0n) is 18.1. The monoisotopic (exact) mass is 464 g/mol. The number of fused-ring (bicyclic) bond motifs is 2. The summed E-state index contributed by atoms with van der Waals surface area (Å²) in [4.78, 5) is 18.9. The molecule has 0 radical (unpaired) electrons. The number of hydrogen-bond donors (Lipinski definition) is 2. The van der Waals surface area contributed by atoms with Crippen LogP contribution in [0.3, 0.4) is 0 Å². The molecule has 4 rings (SSSR count). The fourth-order valence-electron chi connectivity index (χ4n) is 4.93. The molecule has 1 aromatic heterocycles. The fourth-order valence-corrected chi connectivity index (χ4v) is 4.93. The number of pyridine rings is 1. The second-order valence-electron chi connectivity index (χ2n) is 8.84. The lowest BCUT2D eigenvalue weighted by molar-refractivity contribution is -0.121. The van der Waals surface area contributed by atoms with Gasteiger partial charge in [0.1, 0.15) is 11.6 Å². The highest BCUT2D eigenvalue weighted by atomic mass is 35.5. The van der Waals surface area contributed by atoms with Crippen LogP contribution in [0, 0.1) is 23.5 Å². The van der Waals surface area contributed by atoms with E-state index >= 15 is 0 Å². The van der Waals surface area contributed by atoms with Crippen molar-refractivity contribution < 1.29 is 13.6 Å². The average Bonchev–Trinajstić information content (AvgIpc) is 2.76. The van der Waals surface area contributed by atoms with E-state index in [1.165, 1.54) is 12.0 Å². The molecule has 0 spiro atoms. The van der Waals surface area contributed by atoms with Crippen molar-refractivity contribution in [2.24, 2.45) is 11.8 Å². The van der Waals surface area contributed by atoms with Gasteiger partial charge in [0.15, 0.2) is 0 Å². The Kier molecular flexibility index (Phi) is 8.96. The summed E-state index contributed by atoms with van der Waals surface area (Å²) in [5, 5.41) is 6.39. The Morgan fingerprint density at radius 1 is 1.25 bits per heavy atom. The Balaban J connectivity index is 0.00000289. The molecular weight excluding hydrogens is 434 g/mol. The van der Waals surface area contributed by atoms with Crippen molar-refractivity contribution in [1.29, 1.82) is 0 Å². The minimum absolute atomic E-state index is 0. The summed E-state index contributed by atoms with van der Waals surface area (Å²) in [6.07, 6.45) is 7.10. The van der Waals surface area contributed by atoms with Crippen molar-refractivity contribution in [3.8, 4) is 0 Å². The lowest BCUT2D eigenvalue weighted by Crippen LogP contribution is -2.55. The van der Waals surface area contributed by atoms with E-state index in [4.69, 9.17) is 0 Å². The molecule has 3 atom stereocenters. The summed E-state index contributed by atoms with van der Waals surface area (Å²) in [5.74, 6) is 0.136. The van der Waals surface area contributed by atoms with Gasteiger partial charge in [0.25, 0.3) is 0 Å². The molecule has 2 saturated heterocycles. The van der Waals surface area contributed by atoms with Gasteiger partial charge in [-0.15, -0.1) is 12.4 Å². The Morgan fingerprint density at radius 2 is 2.12 bits per heavy atom. The number of nitrogens with one attached hydrogen (secondary N) is 2. The SMILES string of the molecule is Cl.O=C(CCC[C@H]1NCC2CC1CN(Cc1cccnc1)C2)NCc1cc(F)ccc1F. The van der Waals surface area contributed by atoms with E-state index in [-0.39, 0.29) is 30.4 Å². The van der Waals surface area contributed by atoms with Gasteiger partial charge in [-0.05, 0) is 67.5 Å². The molecule has 3 heterocycles. The maximum Gasteiger partial charge on any atom is 0.220 e. The zero-order valence-corrected chi connectivity index (χ0v) is 18.9. The first kappa shape index (κ1) is 24.6. The van der Waals surface area contributed by atoms with Crippen LogP contribution >= 0.6 is 12.4 Å². The molecule has 2 aliphatic heterocycles. The van der Waals surface area contributed by atoms with Crippen LogP contribution in [0.2, 0.25) is 0 Å². The lowest BCUT2D eigenvalue weighted by Gasteiger charge is -2.46. The molecule has 1 amide bonds. The highest BCUT2D eigenvalue weighted by molar-refractivity contribution is 5.85. The van der Waals surface area contributed by atoms with Crippen molar-refractivity contribution >= 4 is 18.3 Å². The molecule has 5 nitrogen and oxygen atoms in total. The first-order valence-corrected chi connectivity index (χ1v) is 11.1. The number of nitrogens with zero attached hydrogens (tertiary/aromatic N) is 2. The third kappa shape index (κ3) is 6.70. The van der Waals surface area contributed by atoms with E-state index in [1.807, 2.05) is 12.3 Å². The molecule has 0 aliphatic carbocycles. The predicted octanol–water partition coefficient (Wildman–Crippen LogP) is 3.68. The normalized spacial score (nSPS) is 22.8. The van der Waals surface area contributed by atoms with Gasteiger partial charge < -0.3 is 10.6 Å². The van der Waals surface area contributed by atoms with E-state index in [9.17, 15) is 13.6 Å². The number of benzene rings is 1. The summed E-state index contributed by atoms with van der Waals surface area (Å²) in [6, 6.07) is 7.81. The van der Waals surface area contributed by atoms with Gasteiger partial charge in [0.2, 0.25) is 5.91 Å². The Hall–Kier alpha value is -2.09. The second-order valence-corrected chi connectivity index (χ2v) is 8.84. The molecular formula is C24H31ClF2N4O. The number of halogens is 3. The minimum atomic E-state index is -0.504. The van der Waals surface area contributed by atoms with Crippen LogP contribution in [-0.2, 0) is 17.9 Å². The summed E-state index contributed by atoms with van der Waals surface area (Å²) < 4.78 is 26.9. The maximum atomic E-state index is 13.7. The predicted molar refractivity (Wildman–Crippen MR) is 122 cm³/mol. The van der Waals surface area contributed by atoms with Crippen molar-refractivity contribution in [3.05, 3.63) is 65.5 Å². The largest absolute Gasteiger partial charge is 0.352 e. The van der Waals surface area contributed by atoms with E-state index in [1.54, 1.807) is 6.20 Å². The van der Waals surface area contributed by atoms with Crippen LogP contribution < -0.4 is 10.6 Å². The van der Waals surface area contributed by atoms with Crippen molar-refractivity contribution in [1.82, 2.24) is 20.5 Å². The Morgan fingerprint density at radius 3 is 2.94 bits per heavy atom. The van der Waals surface area contributed by atoms with Crippen LogP contribution in [0.4, 0.5) is 8.78 Å². The third-order valence-electron chi connectivity index (χ3n) is 6.41. The van der Waals surface area contributed by atoms with Gasteiger partial charge in [0.05, 0.1) is 0 Å². The van der Waals surface area contributed by atoms with Crippen molar-refractivity contribution in [3.63, 3.8) is 0 Å². The first-order chi connectivity index (χ1) is 15.1. The smallest absolute Gasteiger partial charge is 0.220 e. The number of rotatable bonds is 8. The molecule has 32 heavy (non-hydrogen) atoms. The van der Waals surface area contributed by atoms with Gasteiger partial charge in [-0.2, -0.15) is 0 Å². The van der Waals surface area contributed by atoms with Gasteiger partial charge in [-0.1, -0.05) is 6.07 Å². The van der Waals surface area contributed by atoms with Gasteiger partial charge in [-0.3, -0.25) is 14.7 Å². The summed E-state index contributed by atoms with van der Waals surface area (Å²) >= 11 is 0. The number of carbonyl (C=O) groups is 1. The molecule has 2 aliphatic rings. The molecule has 174 valence electrons. The molecule has 2 N–H and O–H groups in total. The highest BCUT2D eigenvalue weighted by Crippen LogP contribution is 2.31. The van der Waals surface area contributed by atoms with Gasteiger partial charge in [-0.25, -0.2) is 8.78 Å². The third-order valence-corrected chi connectivity index (χ3v) is 6.41. The van der Waals surface area contributed by atoms with E-state index < -0.39 is 11.6 Å². The van der Waals surface area contributed by atoms with Crippen LogP contribution in [0.15, 0.2) is 42.7 Å². The number of piperidine rings is 2. The number of aromatic nitrogens is 1. The van der Waals surface area contributed by atoms with E-state index in [2.05, 4.69) is 26.6 Å². The standard InChI is InChI=1S/C24H30F2N4O.ClH/c25-21-6-7-22(26)19(10-21)13-29-24(31)5-1-4-23-20-9-18(12-28-23)15-30(16-20)14-17-3-2-8-27-11-17;/h2-3,6-8,10-11,18,20,23,28H,1,4-5,9,12-16H2,(H,29,31);1H/t18?,20?,23-;/m1./s1. The molecule has 2 aromatic rings. The minimum Gasteiger partial charge on any atom is -0.352 e. The Bertz CT molecular complexity index is 886. The van der Waals surface area contributed by atoms with E-state index in [0.29, 0.717) is 24.3 Å². The average molecular weight is 465 g/mol. The zero-order chi connectivity index (χ0) is 21.6. The molecule has 8 heteroatoms. The topological polar surface area (TPSA) is 57.3 Å². The summed E-state index contributed by atoms with van der Waals surface area (Å²) in [6.45, 7) is 4.15. The number of likely N-dealkylation sites (tertiary alicyclic amines) is 1. The van der Waals surface area contributed by atoms with Gasteiger partial charge >= 0.3 is 0 Å². The summed E-state index contributed by atoms with van der Waals surface area (Å²) in [7, 11) is 0. The number of hydrogen-bond acceptors (Lipinski definition) is 4. The summed E-state index contributed by atoms with van der Waals surface area (Å²) in [5.41, 5.74) is 1.42. The molecule has 0 saturated carbocycles. The van der Waals surface area contributed by atoms with Crippen molar-refractivity contribution in [2.75, 3.05) is 19.6 Å². The molecule has 2 bridgehead atoms. The highest BCUT2D eigenvalue weighted by Gasteiger charge is 2.36. The van der Waals surface area contributed by atoms with Crippen LogP contribution in [0.1, 0.15) is 36.8 Å². The van der Waals surface area contributed by atoms with Crippen molar-refractivity contribution in [2.45, 2.75) is 44.8 Å². The van der Waals surface area contributed by atoms with Crippen LogP contribution in [-0.4, -0.2) is 41.5 Å². The quantitative estimate of drug-likeness (QED) is 0.625. The maximum absolute atomic E-state index is 13.7. The number of amides is 1. The number of carbonyl (C=O) groups excluding carboxylic acids is 1. The van der Waals surface area contributed by atoms with E-state index in [0.717, 1.165) is 57.2 Å².